The predicted octanol–water partition coefficient (Wildman–Crippen LogP) is 2.54. The highest BCUT2D eigenvalue weighted by Gasteiger charge is 2.23. The van der Waals surface area contributed by atoms with Crippen LogP contribution in [0, 0.1) is 0 Å². The zero-order chi connectivity index (χ0) is 8.04. The van der Waals surface area contributed by atoms with Crippen LogP contribution in [0.5, 0.6) is 0 Å². The molecule has 0 bridgehead atoms. The number of allylic oxidation sites excluding steroid dienone is 2. The van der Waals surface area contributed by atoms with E-state index in [1.54, 1.807) is 0 Å². The fraction of sp³-hybridized carbons (Fsp3) is 0.750. The monoisotopic (exact) mass is 158 g/mol. The normalized spacial score (nSPS) is 12.8. The Morgan fingerprint density at radius 1 is 1.30 bits per heavy atom. The molecule has 0 amide bonds. The van der Waals surface area contributed by atoms with Gasteiger partial charge < -0.3 is 4.80 Å². The molecule has 0 saturated heterocycles. The van der Waals surface area contributed by atoms with Crippen molar-refractivity contribution in [2.75, 3.05) is 0 Å². The summed E-state index contributed by atoms with van der Waals surface area (Å²) in [5.41, 5.74) is 0. The van der Waals surface area contributed by atoms with Crippen molar-refractivity contribution in [2.45, 2.75) is 38.9 Å². The lowest BCUT2D eigenvalue weighted by molar-refractivity contribution is 0.535. The van der Waals surface area contributed by atoms with E-state index in [1.807, 2.05) is 13.0 Å². The Bertz CT molecular complexity index is 106. The first kappa shape index (κ1) is 9.92. The minimum atomic E-state index is -1.81. The maximum atomic E-state index is 9.85. The van der Waals surface area contributed by atoms with E-state index in [4.69, 9.17) is 0 Å². The summed E-state index contributed by atoms with van der Waals surface area (Å²) < 4.78 is 0. The molecule has 0 aromatic rings. The van der Waals surface area contributed by atoms with Gasteiger partial charge >= 0.3 is 0 Å². The van der Waals surface area contributed by atoms with Crippen molar-refractivity contribution in [2.24, 2.45) is 0 Å². The van der Waals surface area contributed by atoms with Crippen molar-refractivity contribution in [3.63, 3.8) is 0 Å². The Balaban J connectivity index is 3.80. The van der Waals surface area contributed by atoms with Crippen molar-refractivity contribution in [3.8, 4) is 0 Å². The largest absolute Gasteiger partial charge is 0.431 e. The minimum Gasteiger partial charge on any atom is -0.431 e. The molecule has 0 fully saturated rings. The van der Waals surface area contributed by atoms with Gasteiger partial charge in [-0.2, -0.15) is 0 Å². The Morgan fingerprint density at radius 3 is 2.10 bits per heavy atom. The van der Waals surface area contributed by atoms with Gasteiger partial charge in [0.15, 0.2) is 8.32 Å². The van der Waals surface area contributed by atoms with Crippen molar-refractivity contribution in [3.05, 3.63) is 12.2 Å². The summed E-state index contributed by atoms with van der Waals surface area (Å²) in [5.74, 6) is 0. The smallest absolute Gasteiger partial charge is 0.191 e. The van der Waals surface area contributed by atoms with Crippen LogP contribution in [0.25, 0.3) is 0 Å². The Hall–Kier alpha value is -0.0831. The third-order valence-corrected chi connectivity index (χ3v) is 5.68. The molecule has 1 N–H and O–H groups in total. The standard InChI is InChI=1S/C8H18OSi/c1-4-7-8-10(9,5-2)6-3/h4,7,9H,5-6,8H2,1-3H3. The van der Waals surface area contributed by atoms with Gasteiger partial charge in [-0.25, -0.2) is 0 Å². The van der Waals surface area contributed by atoms with Gasteiger partial charge in [-0.3, -0.25) is 0 Å². The van der Waals surface area contributed by atoms with E-state index in [0.717, 1.165) is 18.1 Å². The predicted molar refractivity (Wildman–Crippen MR) is 48.6 cm³/mol. The molecular formula is C8H18OSi. The molecule has 0 atom stereocenters. The molecule has 0 aliphatic rings. The van der Waals surface area contributed by atoms with Crippen molar-refractivity contribution in [1.82, 2.24) is 0 Å². The van der Waals surface area contributed by atoms with Crippen LogP contribution in [0.1, 0.15) is 20.8 Å². The van der Waals surface area contributed by atoms with Crippen molar-refractivity contribution in [1.29, 1.82) is 0 Å². The molecule has 0 radical (unpaired) electrons. The number of hydrogen-bond acceptors (Lipinski definition) is 1. The van der Waals surface area contributed by atoms with Crippen LogP contribution >= 0.6 is 0 Å². The van der Waals surface area contributed by atoms with Crippen LogP contribution in [0.4, 0.5) is 0 Å². The highest BCUT2D eigenvalue weighted by Crippen LogP contribution is 2.16. The van der Waals surface area contributed by atoms with Crippen molar-refractivity contribution < 1.29 is 4.80 Å². The first-order valence-electron chi connectivity index (χ1n) is 4.02. The average Bonchev–Trinajstić information content (AvgIpc) is 2.00. The average molecular weight is 158 g/mol. The lowest BCUT2D eigenvalue weighted by Crippen LogP contribution is -2.30. The van der Waals surface area contributed by atoms with E-state index >= 15 is 0 Å². The van der Waals surface area contributed by atoms with Crippen molar-refractivity contribution >= 4 is 8.32 Å². The molecule has 60 valence electrons. The highest BCUT2D eigenvalue weighted by molar-refractivity contribution is 6.72. The number of rotatable bonds is 4. The van der Waals surface area contributed by atoms with Gasteiger partial charge in [0, 0.05) is 0 Å². The fourth-order valence-corrected chi connectivity index (χ4v) is 2.63. The summed E-state index contributed by atoms with van der Waals surface area (Å²) in [4.78, 5) is 9.85. The Morgan fingerprint density at radius 2 is 1.80 bits per heavy atom. The Labute approximate surface area is 64.9 Å². The van der Waals surface area contributed by atoms with E-state index in [0.29, 0.717) is 0 Å². The Kier molecular flexibility index (Phi) is 4.65. The third kappa shape index (κ3) is 3.18. The van der Waals surface area contributed by atoms with E-state index < -0.39 is 8.32 Å². The molecule has 2 heteroatoms. The third-order valence-electron chi connectivity index (χ3n) is 2.05. The topological polar surface area (TPSA) is 20.2 Å². The summed E-state index contributed by atoms with van der Waals surface area (Å²) in [7, 11) is -1.81. The molecule has 0 rings (SSSR count). The molecule has 0 aliphatic heterocycles. The molecule has 0 unspecified atom stereocenters. The highest BCUT2D eigenvalue weighted by atomic mass is 28.4. The van der Waals surface area contributed by atoms with Gasteiger partial charge in [0.2, 0.25) is 0 Å². The van der Waals surface area contributed by atoms with Crippen LogP contribution in [0.3, 0.4) is 0 Å². The van der Waals surface area contributed by atoms with Gasteiger partial charge in [0.1, 0.15) is 0 Å². The van der Waals surface area contributed by atoms with Gasteiger partial charge in [0.25, 0.3) is 0 Å². The minimum absolute atomic E-state index is 0.927. The molecule has 0 heterocycles. The van der Waals surface area contributed by atoms with E-state index in [1.165, 1.54) is 0 Å². The SMILES string of the molecule is CC=CC[Si](O)(CC)CC. The molecule has 0 saturated carbocycles. The molecule has 1 nitrogen and oxygen atoms in total. The second-order valence-corrected chi connectivity index (χ2v) is 6.98. The van der Waals surface area contributed by atoms with Crippen LogP contribution in [-0.4, -0.2) is 13.1 Å². The van der Waals surface area contributed by atoms with Gasteiger partial charge in [-0.1, -0.05) is 26.0 Å². The number of hydrogen-bond donors (Lipinski definition) is 1. The van der Waals surface area contributed by atoms with Crippen LogP contribution < -0.4 is 0 Å². The fourth-order valence-electron chi connectivity index (χ4n) is 0.876. The molecule has 0 aromatic carbocycles. The van der Waals surface area contributed by atoms with Gasteiger partial charge in [-0.15, -0.1) is 0 Å². The van der Waals surface area contributed by atoms with Crippen LogP contribution in [-0.2, 0) is 0 Å². The van der Waals surface area contributed by atoms with Crippen LogP contribution in [0.15, 0.2) is 12.2 Å². The molecule has 0 aromatic heterocycles. The summed E-state index contributed by atoms with van der Waals surface area (Å²) in [5, 5.41) is 0. The molecule has 10 heavy (non-hydrogen) atoms. The zero-order valence-corrected chi connectivity index (χ0v) is 8.22. The zero-order valence-electron chi connectivity index (χ0n) is 7.22. The quantitative estimate of drug-likeness (QED) is 0.492. The molecular weight excluding hydrogens is 140 g/mol. The first-order chi connectivity index (χ1) is 4.68. The molecule has 0 spiro atoms. The first-order valence-corrected chi connectivity index (χ1v) is 6.59. The van der Waals surface area contributed by atoms with Crippen LogP contribution in [0.2, 0.25) is 18.1 Å². The maximum absolute atomic E-state index is 9.85. The van der Waals surface area contributed by atoms with E-state index in [2.05, 4.69) is 19.9 Å². The summed E-state index contributed by atoms with van der Waals surface area (Å²) >= 11 is 0. The van der Waals surface area contributed by atoms with Gasteiger partial charge in [0.05, 0.1) is 0 Å². The summed E-state index contributed by atoms with van der Waals surface area (Å²) in [6, 6.07) is 2.89. The van der Waals surface area contributed by atoms with E-state index in [-0.39, 0.29) is 0 Å². The second kappa shape index (κ2) is 4.69. The van der Waals surface area contributed by atoms with E-state index in [9.17, 15) is 4.80 Å². The second-order valence-electron chi connectivity index (χ2n) is 2.70. The maximum Gasteiger partial charge on any atom is 0.191 e. The van der Waals surface area contributed by atoms with Gasteiger partial charge in [-0.05, 0) is 25.1 Å². The summed E-state index contributed by atoms with van der Waals surface area (Å²) in [6.45, 7) is 6.17. The lowest BCUT2D eigenvalue weighted by atomic mass is 10.6. The molecule has 0 aliphatic carbocycles. The summed E-state index contributed by atoms with van der Waals surface area (Å²) in [6.07, 6.45) is 4.10. The lowest BCUT2D eigenvalue weighted by Gasteiger charge is -2.19.